The zero-order chi connectivity index (χ0) is 16.1. The number of carbonyl (C=O) groups is 1. The number of nitrogens with zero attached hydrogens (tertiary/aromatic N) is 1. The monoisotopic (exact) mass is 312 g/mol. The van der Waals surface area contributed by atoms with Crippen molar-refractivity contribution in [3.63, 3.8) is 0 Å². The standard InChI is InChI=1S/C19H21FN2O/c20-17-8-10-18(11-9-17)21-19(23)16-6-4-15(5-7-16)14-22-12-2-1-3-13-22/h4-11H,1-3,12-14H2,(H,21,23). The molecule has 1 heterocycles. The van der Waals surface area contributed by atoms with Crippen LogP contribution < -0.4 is 5.32 Å². The molecule has 2 aromatic carbocycles. The third kappa shape index (κ3) is 4.39. The molecule has 1 amide bonds. The summed E-state index contributed by atoms with van der Waals surface area (Å²) >= 11 is 0. The van der Waals surface area contributed by atoms with Crippen molar-refractivity contribution in [3.05, 3.63) is 65.5 Å². The Bertz CT molecular complexity index is 646. The van der Waals surface area contributed by atoms with Crippen molar-refractivity contribution >= 4 is 11.6 Å². The van der Waals surface area contributed by atoms with Crippen LogP contribution in [0.5, 0.6) is 0 Å². The van der Waals surface area contributed by atoms with Crippen molar-refractivity contribution in [1.29, 1.82) is 0 Å². The van der Waals surface area contributed by atoms with Gasteiger partial charge < -0.3 is 5.32 Å². The predicted molar refractivity (Wildman–Crippen MR) is 89.9 cm³/mol. The largest absolute Gasteiger partial charge is 0.322 e. The van der Waals surface area contributed by atoms with Gasteiger partial charge in [0.15, 0.2) is 0 Å². The molecule has 0 saturated carbocycles. The van der Waals surface area contributed by atoms with Crippen LogP contribution in [0.1, 0.15) is 35.2 Å². The molecule has 2 aromatic rings. The van der Waals surface area contributed by atoms with Crippen LogP contribution in [0, 0.1) is 5.82 Å². The average molecular weight is 312 g/mol. The first-order valence-electron chi connectivity index (χ1n) is 8.09. The first-order valence-corrected chi connectivity index (χ1v) is 8.09. The summed E-state index contributed by atoms with van der Waals surface area (Å²) < 4.78 is 12.9. The Morgan fingerprint density at radius 1 is 0.957 bits per heavy atom. The Morgan fingerprint density at radius 3 is 2.26 bits per heavy atom. The van der Waals surface area contributed by atoms with Crippen molar-refractivity contribution in [2.45, 2.75) is 25.8 Å². The molecule has 1 aliphatic rings. The molecule has 0 aliphatic carbocycles. The first-order chi connectivity index (χ1) is 11.2. The molecule has 1 fully saturated rings. The zero-order valence-corrected chi connectivity index (χ0v) is 13.1. The van der Waals surface area contributed by atoms with Gasteiger partial charge in [0, 0.05) is 17.8 Å². The second-order valence-electron chi connectivity index (χ2n) is 5.99. The molecule has 1 saturated heterocycles. The van der Waals surface area contributed by atoms with E-state index in [1.165, 1.54) is 37.0 Å². The lowest BCUT2D eigenvalue weighted by atomic mass is 10.1. The van der Waals surface area contributed by atoms with Crippen LogP contribution in [0.2, 0.25) is 0 Å². The Labute approximate surface area is 136 Å². The highest BCUT2D eigenvalue weighted by molar-refractivity contribution is 6.04. The number of nitrogens with one attached hydrogen (secondary N) is 1. The van der Waals surface area contributed by atoms with Crippen molar-refractivity contribution in [2.75, 3.05) is 18.4 Å². The number of halogens is 1. The first kappa shape index (κ1) is 15.7. The van der Waals surface area contributed by atoms with Crippen LogP contribution >= 0.6 is 0 Å². The van der Waals surface area contributed by atoms with Crippen LogP contribution in [0.15, 0.2) is 48.5 Å². The van der Waals surface area contributed by atoms with E-state index in [1.54, 1.807) is 12.1 Å². The summed E-state index contributed by atoms with van der Waals surface area (Å²) in [4.78, 5) is 14.6. The quantitative estimate of drug-likeness (QED) is 0.923. The average Bonchev–Trinajstić information content (AvgIpc) is 2.58. The number of hydrogen-bond acceptors (Lipinski definition) is 2. The lowest BCUT2D eigenvalue weighted by Gasteiger charge is -2.26. The summed E-state index contributed by atoms with van der Waals surface area (Å²) in [6, 6.07) is 13.5. The molecular formula is C19H21FN2O. The van der Waals surface area contributed by atoms with Gasteiger partial charge in [0.2, 0.25) is 0 Å². The highest BCUT2D eigenvalue weighted by Gasteiger charge is 2.11. The van der Waals surface area contributed by atoms with Gasteiger partial charge in [-0.05, 0) is 67.9 Å². The topological polar surface area (TPSA) is 32.3 Å². The normalized spacial score (nSPS) is 15.3. The van der Waals surface area contributed by atoms with Gasteiger partial charge >= 0.3 is 0 Å². The number of piperidine rings is 1. The van der Waals surface area contributed by atoms with Gasteiger partial charge in [0.25, 0.3) is 5.91 Å². The van der Waals surface area contributed by atoms with Crippen LogP contribution in [0.4, 0.5) is 10.1 Å². The number of rotatable bonds is 4. The van der Waals surface area contributed by atoms with Crippen LogP contribution in [-0.2, 0) is 6.54 Å². The maximum absolute atomic E-state index is 12.9. The Hall–Kier alpha value is -2.20. The molecule has 0 aromatic heterocycles. The number of carbonyl (C=O) groups excluding carboxylic acids is 1. The van der Waals surface area contributed by atoms with Crippen LogP contribution in [0.25, 0.3) is 0 Å². The Balaban J connectivity index is 1.59. The number of anilines is 1. The second-order valence-corrected chi connectivity index (χ2v) is 5.99. The highest BCUT2D eigenvalue weighted by Crippen LogP contribution is 2.15. The molecule has 0 bridgehead atoms. The van der Waals surface area contributed by atoms with Gasteiger partial charge in [-0.15, -0.1) is 0 Å². The van der Waals surface area contributed by atoms with E-state index in [-0.39, 0.29) is 11.7 Å². The molecule has 4 heteroatoms. The highest BCUT2D eigenvalue weighted by atomic mass is 19.1. The lowest BCUT2D eigenvalue weighted by Crippen LogP contribution is -2.29. The van der Waals surface area contributed by atoms with Gasteiger partial charge in [-0.2, -0.15) is 0 Å². The third-order valence-corrected chi connectivity index (χ3v) is 4.17. The smallest absolute Gasteiger partial charge is 0.255 e. The summed E-state index contributed by atoms with van der Waals surface area (Å²) in [5.41, 5.74) is 2.43. The molecular weight excluding hydrogens is 291 g/mol. The van der Waals surface area contributed by atoms with Gasteiger partial charge in [-0.1, -0.05) is 18.6 Å². The number of likely N-dealkylation sites (tertiary alicyclic amines) is 1. The van der Waals surface area contributed by atoms with Gasteiger partial charge in [0.1, 0.15) is 5.82 Å². The fourth-order valence-corrected chi connectivity index (χ4v) is 2.87. The van der Waals surface area contributed by atoms with Crippen molar-refractivity contribution < 1.29 is 9.18 Å². The molecule has 0 atom stereocenters. The fraction of sp³-hybridized carbons (Fsp3) is 0.316. The minimum absolute atomic E-state index is 0.180. The summed E-state index contributed by atoms with van der Waals surface area (Å²) in [7, 11) is 0. The van der Waals surface area contributed by atoms with E-state index >= 15 is 0 Å². The molecule has 0 spiro atoms. The summed E-state index contributed by atoms with van der Waals surface area (Å²) in [5, 5.41) is 2.77. The third-order valence-electron chi connectivity index (χ3n) is 4.17. The molecule has 0 unspecified atom stereocenters. The molecule has 120 valence electrons. The van der Waals surface area contributed by atoms with E-state index in [2.05, 4.69) is 10.2 Å². The molecule has 1 N–H and O–H groups in total. The fourth-order valence-electron chi connectivity index (χ4n) is 2.87. The second kappa shape index (κ2) is 7.38. The van der Waals surface area contributed by atoms with Crippen LogP contribution in [0.3, 0.4) is 0 Å². The summed E-state index contributed by atoms with van der Waals surface area (Å²) in [6.45, 7) is 3.26. The van der Waals surface area contributed by atoms with E-state index in [1.807, 2.05) is 24.3 Å². The van der Waals surface area contributed by atoms with E-state index in [0.717, 1.165) is 19.6 Å². The van der Waals surface area contributed by atoms with E-state index in [4.69, 9.17) is 0 Å². The van der Waals surface area contributed by atoms with Crippen molar-refractivity contribution in [1.82, 2.24) is 4.90 Å². The molecule has 1 aliphatic heterocycles. The molecule has 23 heavy (non-hydrogen) atoms. The molecule has 3 rings (SSSR count). The van der Waals surface area contributed by atoms with Crippen molar-refractivity contribution in [3.8, 4) is 0 Å². The van der Waals surface area contributed by atoms with Crippen molar-refractivity contribution in [2.24, 2.45) is 0 Å². The number of amides is 1. The number of hydrogen-bond donors (Lipinski definition) is 1. The molecule has 0 radical (unpaired) electrons. The Kier molecular flexibility index (Phi) is 5.03. The predicted octanol–water partition coefficient (Wildman–Crippen LogP) is 4.06. The summed E-state index contributed by atoms with van der Waals surface area (Å²) in [5.74, 6) is -0.494. The lowest BCUT2D eigenvalue weighted by molar-refractivity contribution is 0.102. The minimum atomic E-state index is -0.315. The SMILES string of the molecule is O=C(Nc1ccc(F)cc1)c1ccc(CN2CCCCC2)cc1. The molecule has 3 nitrogen and oxygen atoms in total. The van der Waals surface area contributed by atoms with Gasteiger partial charge in [-0.3, -0.25) is 9.69 Å². The van der Waals surface area contributed by atoms with E-state index in [0.29, 0.717) is 11.3 Å². The maximum atomic E-state index is 12.9. The van der Waals surface area contributed by atoms with Gasteiger partial charge in [0.05, 0.1) is 0 Å². The Morgan fingerprint density at radius 2 is 1.61 bits per heavy atom. The maximum Gasteiger partial charge on any atom is 0.255 e. The summed E-state index contributed by atoms with van der Waals surface area (Å²) in [6.07, 6.45) is 3.88. The minimum Gasteiger partial charge on any atom is -0.322 e. The van der Waals surface area contributed by atoms with E-state index in [9.17, 15) is 9.18 Å². The zero-order valence-electron chi connectivity index (χ0n) is 13.1. The van der Waals surface area contributed by atoms with Gasteiger partial charge in [-0.25, -0.2) is 4.39 Å². The van der Waals surface area contributed by atoms with Crippen LogP contribution in [-0.4, -0.2) is 23.9 Å². The van der Waals surface area contributed by atoms with E-state index < -0.39 is 0 Å². The number of benzene rings is 2.